The van der Waals surface area contributed by atoms with E-state index in [2.05, 4.69) is 24.1 Å². The Bertz CT molecular complexity index is 638. The summed E-state index contributed by atoms with van der Waals surface area (Å²) in [6, 6.07) is 7.68. The first-order chi connectivity index (χ1) is 11.0. The lowest BCUT2D eigenvalue weighted by Gasteiger charge is -2.14. The normalized spacial score (nSPS) is 12.2. The molecule has 0 fully saturated rings. The van der Waals surface area contributed by atoms with Crippen molar-refractivity contribution in [1.82, 2.24) is 10.3 Å². The third-order valence-corrected chi connectivity index (χ3v) is 4.14. The summed E-state index contributed by atoms with van der Waals surface area (Å²) in [5, 5.41) is 5.43. The monoisotopic (exact) mass is 333 g/mol. The summed E-state index contributed by atoms with van der Waals surface area (Å²) in [5.74, 6) is 1.14. The Morgan fingerprint density at radius 2 is 2.00 bits per heavy atom. The fraction of sp³-hybridized carbons (Fsp3) is 0.412. The molecule has 0 saturated heterocycles. The molecule has 0 saturated carbocycles. The van der Waals surface area contributed by atoms with E-state index in [-0.39, 0.29) is 11.9 Å². The standard InChI is InChI=1S/C17H23N3O2S/c1-11(2)9-22-14-6-4-13(5-7-14)12(3)19-17(21)15-10-23-16(8-18)20-15/h4-7,10-12H,8-9,18H2,1-3H3,(H,19,21). The minimum absolute atomic E-state index is 0.107. The van der Waals surface area contributed by atoms with Crippen molar-refractivity contribution in [1.29, 1.82) is 0 Å². The Hall–Kier alpha value is -1.92. The van der Waals surface area contributed by atoms with Gasteiger partial charge in [0.15, 0.2) is 0 Å². The quantitative estimate of drug-likeness (QED) is 0.816. The Morgan fingerprint density at radius 1 is 1.30 bits per heavy atom. The second-order valence-corrected chi connectivity index (χ2v) is 6.74. The highest BCUT2D eigenvalue weighted by atomic mass is 32.1. The van der Waals surface area contributed by atoms with Crippen molar-refractivity contribution in [3.63, 3.8) is 0 Å². The van der Waals surface area contributed by atoms with Gasteiger partial charge in [-0.25, -0.2) is 4.98 Å². The number of hydrogen-bond donors (Lipinski definition) is 2. The van der Waals surface area contributed by atoms with Crippen LogP contribution in [0.5, 0.6) is 5.75 Å². The number of nitrogens with zero attached hydrogens (tertiary/aromatic N) is 1. The lowest BCUT2D eigenvalue weighted by molar-refractivity contribution is 0.0935. The van der Waals surface area contributed by atoms with E-state index in [1.807, 2.05) is 31.2 Å². The number of thiazole rings is 1. The molecule has 1 heterocycles. The minimum Gasteiger partial charge on any atom is -0.493 e. The molecule has 1 aromatic heterocycles. The molecule has 0 bridgehead atoms. The average Bonchev–Trinajstić information content (AvgIpc) is 3.02. The summed E-state index contributed by atoms with van der Waals surface area (Å²) in [7, 11) is 0. The molecule has 0 aliphatic rings. The molecule has 0 radical (unpaired) electrons. The van der Waals surface area contributed by atoms with Crippen molar-refractivity contribution in [2.75, 3.05) is 6.61 Å². The molecular weight excluding hydrogens is 310 g/mol. The summed E-state index contributed by atoms with van der Waals surface area (Å²) in [5.41, 5.74) is 6.95. The summed E-state index contributed by atoms with van der Waals surface area (Å²) in [4.78, 5) is 16.4. The molecule has 23 heavy (non-hydrogen) atoms. The Labute approximate surface area is 140 Å². The lowest BCUT2D eigenvalue weighted by atomic mass is 10.1. The first-order valence-corrected chi connectivity index (χ1v) is 8.55. The maximum atomic E-state index is 12.2. The number of benzene rings is 1. The van der Waals surface area contributed by atoms with E-state index in [1.54, 1.807) is 5.38 Å². The van der Waals surface area contributed by atoms with Crippen molar-refractivity contribution in [2.45, 2.75) is 33.4 Å². The Morgan fingerprint density at radius 3 is 2.57 bits per heavy atom. The maximum Gasteiger partial charge on any atom is 0.271 e. The molecule has 0 aliphatic carbocycles. The molecule has 1 unspecified atom stereocenters. The van der Waals surface area contributed by atoms with Crippen LogP contribution in [-0.4, -0.2) is 17.5 Å². The van der Waals surface area contributed by atoms with E-state index in [0.717, 1.165) is 16.3 Å². The van der Waals surface area contributed by atoms with Crippen LogP contribution in [0.25, 0.3) is 0 Å². The van der Waals surface area contributed by atoms with Gasteiger partial charge in [-0.2, -0.15) is 0 Å². The van der Waals surface area contributed by atoms with Crippen molar-refractivity contribution < 1.29 is 9.53 Å². The number of rotatable bonds is 7. The highest BCUT2D eigenvalue weighted by molar-refractivity contribution is 7.09. The van der Waals surface area contributed by atoms with E-state index >= 15 is 0 Å². The van der Waals surface area contributed by atoms with E-state index < -0.39 is 0 Å². The molecule has 3 N–H and O–H groups in total. The highest BCUT2D eigenvalue weighted by Gasteiger charge is 2.14. The number of amides is 1. The first kappa shape index (κ1) is 17.4. The van der Waals surface area contributed by atoms with Crippen molar-refractivity contribution in [2.24, 2.45) is 11.7 Å². The van der Waals surface area contributed by atoms with Gasteiger partial charge in [-0.3, -0.25) is 4.79 Å². The van der Waals surface area contributed by atoms with Crippen LogP contribution >= 0.6 is 11.3 Å². The summed E-state index contributed by atoms with van der Waals surface area (Å²) in [6.45, 7) is 7.21. The van der Waals surface area contributed by atoms with Gasteiger partial charge in [-0.05, 0) is 30.5 Å². The second kappa shape index (κ2) is 8.08. The SMILES string of the molecule is CC(C)COc1ccc(C(C)NC(=O)c2csc(CN)n2)cc1. The minimum atomic E-state index is -0.186. The molecule has 5 nitrogen and oxygen atoms in total. The number of carbonyl (C=O) groups excluding carboxylic acids is 1. The maximum absolute atomic E-state index is 12.2. The van der Waals surface area contributed by atoms with Crippen LogP contribution < -0.4 is 15.8 Å². The third-order valence-electron chi connectivity index (χ3n) is 3.27. The van der Waals surface area contributed by atoms with E-state index in [1.165, 1.54) is 11.3 Å². The molecule has 0 spiro atoms. The molecule has 124 valence electrons. The topological polar surface area (TPSA) is 77.2 Å². The van der Waals surface area contributed by atoms with E-state index in [9.17, 15) is 4.79 Å². The van der Waals surface area contributed by atoms with E-state index in [0.29, 0.717) is 24.8 Å². The molecule has 1 aromatic carbocycles. The fourth-order valence-electron chi connectivity index (χ4n) is 1.98. The van der Waals surface area contributed by atoms with Gasteiger partial charge in [0.2, 0.25) is 0 Å². The average molecular weight is 333 g/mol. The number of nitrogens with two attached hydrogens (primary N) is 1. The van der Waals surface area contributed by atoms with Gasteiger partial charge in [0.1, 0.15) is 16.5 Å². The lowest BCUT2D eigenvalue weighted by Crippen LogP contribution is -2.27. The van der Waals surface area contributed by atoms with Crippen LogP contribution in [0.1, 0.15) is 47.9 Å². The Balaban J connectivity index is 1.94. The first-order valence-electron chi connectivity index (χ1n) is 7.67. The second-order valence-electron chi connectivity index (χ2n) is 5.80. The zero-order chi connectivity index (χ0) is 16.8. The highest BCUT2D eigenvalue weighted by Crippen LogP contribution is 2.19. The van der Waals surface area contributed by atoms with Gasteiger partial charge in [-0.15, -0.1) is 11.3 Å². The number of hydrogen-bond acceptors (Lipinski definition) is 5. The zero-order valence-electron chi connectivity index (χ0n) is 13.7. The molecule has 2 rings (SSSR count). The molecule has 2 aromatic rings. The van der Waals surface area contributed by atoms with Crippen molar-refractivity contribution >= 4 is 17.2 Å². The van der Waals surface area contributed by atoms with Gasteiger partial charge < -0.3 is 15.8 Å². The predicted octanol–water partition coefficient (Wildman–Crippen LogP) is 3.13. The van der Waals surface area contributed by atoms with Crippen LogP contribution in [0.3, 0.4) is 0 Å². The molecule has 1 atom stereocenters. The van der Waals surface area contributed by atoms with Crippen molar-refractivity contribution in [3.05, 3.63) is 45.9 Å². The van der Waals surface area contributed by atoms with Crippen LogP contribution in [0, 0.1) is 5.92 Å². The van der Waals surface area contributed by atoms with Gasteiger partial charge >= 0.3 is 0 Å². The predicted molar refractivity (Wildman–Crippen MR) is 92.7 cm³/mol. The van der Waals surface area contributed by atoms with Gasteiger partial charge in [0.05, 0.1) is 12.6 Å². The van der Waals surface area contributed by atoms with Crippen LogP contribution in [-0.2, 0) is 6.54 Å². The number of carbonyl (C=O) groups is 1. The molecule has 0 aliphatic heterocycles. The molecule has 6 heteroatoms. The number of nitrogens with one attached hydrogen (secondary N) is 1. The Kier molecular flexibility index (Phi) is 6.12. The number of aromatic nitrogens is 1. The fourth-order valence-corrected chi connectivity index (χ4v) is 2.63. The third kappa shape index (κ3) is 5.04. The van der Waals surface area contributed by atoms with Crippen LogP contribution in [0.4, 0.5) is 0 Å². The van der Waals surface area contributed by atoms with Crippen LogP contribution in [0.2, 0.25) is 0 Å². The number of ether oxygens (including phenoxy) is 1. The molecule has 1 amide bonds. The van der Waals surface area contributed by atoms with Crippen molar-refractivity contribution in [3.8, 4) is 5.75 Å². The van der Waals surface area contributed by atoms with Crippen LogP contribution in [0.15, 0.2) is 29.6 Å². The largest absolute Gasteiger partial charge is 0.493 e. The summed E-state index contributed by atoms with van der Waals surface area (Å²) < 4.78 is 5.66. The summed E-state index contributed by atoms with van der Waals surface area (Å²) in [6.07, 6.45) is 0. The van der Waals surface area contributed by atoms with Gasteiger partial charge in [0, 0.05) is 11.9 Å². The van der Waals surface area contributed by atoms with E-state index in [4.69, 9.17) is 10.5 Å². The van der Waals surface area contributed by atoms with Gasteiger partial charge in [0.25, 0.3) is 5.91 Å². The molecular formula is C17H23N3O2S. The summed E-state index contributed by atoms with van der Waals surface area (Å²) >= 11 is 1.40. The zero-order valence-corrected chi connectivity index (χ0v) is 14.5. The smallest absolute Gasteiger partial charge is 0.271 e. The van der Waals surface area contributed by atoms with Gasteiger partial charge in [-0.1, -0.05) is 26.0 Å².